The van der Waals surface area contributed by atoms with Gasteiger partial charge in [0.1, 0.15) is 0 Å². The van der Waals surface area contributed by atoms with E-state index in [1.807, 2.05) is 36.4 Å². The third-order valence-corrected chi connectivity index (χ3v) is 6.84. The molecule has 0 aromatic heterocycles. The van der Waals surface area contributed by atoms with Crippen LogP contribution in [0.1, 0.15) is 5.56 Å². The third-order valence-electron chi connectivity index (χ3n) is 6.59. The van der Waals surface area contributed by atoms with Gasteiger partial charge in [0.15, 0.2) is 0 Å². The summed E-state index contributed by atoms with van der Waals surface area (Å²) in [5, 5.41) is 14.7. The molecule has 0 amide bonds. The van der Waals surface area contributed by atoms with Crippen LogP contribution < -0.4 is 0 Å². The average molecular weight is 466 g/mol. The molecule has 2 heteroatoms. The summed E-state index contributed by atoms with van der Waals surface area (Å²) in [6, 6.07) is 44.0. The summed E-state index contributed by atoms with van der Waals surface area (Å²) >= 11 is 6.20. The summed E-state index contributed by atoms with van der Waals surface area (Å²) in [6.45, 7) is 0. The zero-order chi connectivity index (χ0) is 23.8. The molecule has 0 heterocycles. The lowest BCUT2D eigenvalue weighted by Crippen LogP contribution is -1.90. The Kier molecular flexibility index (Phi) is 5.30. The van der Waals surface area contributed by atoms with Gasteiger partial charge in [-0.1, -0.05) is 109 Å². The molecule has 0 saturated carbocycles. The van der Waals surface area contributed by atoms with Gasteiger partial charge in [0.25, 0.3) is 0 Å². The molecule has 0 fully saturated rings. The van der Waals surface area contributed by atoms with Crippen molar-refractivity contribution < 1.29 is 0 Å². The number of halogens is 1. The molecule has 6 aromatic carbocycles. The van der Waals surface area contributed by atoms with E-state index >= 15 is 0 Å². The first-order valence-corrected chi connectivity index (χ1v) is 11.9. The predicted molar refractivity (Wildman–Crippen MR) is 147 cm³/mol. The Morgan fingerprint density at radius 2 is 0.771 bits per heavy atom. The van der Waals surface area contributed by atoms with E-state index in [4.69, 9.17) is 16.9 Å². The number of rotatable bonds is 3. The van der Waals surface area contributed by atoms with Crippen molar-refractivity contribution in [3.05, 3.63) is 132 Å². The lowest BCUT2D eigenvalue weighted by Gasteiger charge is -2.18. The van der Waals surface area contributed by atoms with Crippen LogP contribution in [0, 0.1) is 11.3 Å². The van der Waals surface area contributed by atoms with Crippen molar-refractivity contribution in [1.29, 1.82) is 5.26 Å². The van der Waals surface area contributed by atoms with Gasteiger partial charge in [-0.25, -0.2) is 0 Å². The molecule has 35 heavy (non-hydrogen) atoms. The van der Waals surface area contributed by atoms with Gasteiger partial charge in [-0.05, 0) is 79.2 Å². The number of nitrogens with zero attached hydrogens (tertiary/aromatic N) is 1. The molecule has 6 aromatic rings. The maximum absolute atomic E-state index is 9.08. The van der Waals surface area contributed by atoms with Gasteiger partial charge in [0, 0.05) is 5.02 Å². The molecule has 0 unspecified atom stereocenters. The van der Waals surface area contributed by atoms with Crippen LogP contribution in [-0.2, 0) is 0 Å². The van der Waals surface area contributed by atoms with Gasteiger partial charge >= 0.3 is 0 Å². The zero-order valence-electron chi connectivity index (χ0n) is 18.9. The normalized spacial score (nSPS) is 11.0. The Balaban J connectivity index is 1.58. The average Bonchev–Trinajstić information content (AvgIpc) is 2.92. The molecule has 164 valence electrons. The van der Waals surface area contributed by atoms with Crippen molar-refractivity contribution >= 4 is 33.1 Å². The first-order chi connectivity index (χ1) is 17.2. The van der Waals surface area contributed by atoms with Crippen molar-refractivity contribution in [3.63, 3.8) is 0 Å². The number of nitriles is 1. The molecule has 0 bridgehead atoms. The number of benzene rings is 6. The van der Waals surface area contributed by atoms with Gasteiger partial charge in [0.05, 0.1) is 11.6 Å². The molecular formula is C33H20ClN. The van der Waals surface area contributed by atoms with Gasteiger partial charge in [-0.2, -0.15) is 5.26 Å². The smallest absolute Gasteiger partial charge is 0.0991 e. The highest BCUT2D eigenvalue weighted by Crippen LogP contribution is 2.43. The summed E-state index contributed by atoms with van der Waals surface area (Å²) < 4.78 is 0. The Labute approximate surface area is 209 Å². The van der Waals surface area contributed by atoms with Gasteiger partial charge in [-0.3, -0.25) is 0 Å². The minimum atomic E-state index is 0.670. The van der Waals surface area contributed by atoms with Crippen LogP contribution in [0.4, 0.5) is 0 Å². The second kappa shape index (κ2) is 8.76. The highest BCUT2D eigenvalue weighted by Gasteiger charge is 2.16. The monoisotopic (exact) mass is 465 g/mol. The van der Waals surface area contributed by atoms with E-state index in [2.05, 4.69) is 91.0 Å². The fraction of sp³-hybridized carbons (Fsp3) is 0. The summed E-state index contributed by atoms with van der Waals surface area (Å²) in [5.74, 6) is 0. The minimum absolute atomic E-state index is 0.670. The van der Waals surface area contributed by atoms with Crippen molar-refractivity contribution in [2.45, 2.75) is 0 Å². The van der Waals surface area contributed by atoms with Crippen molar-refractivity contribution in [3.8, 4) is 39.4 Å². The molecule has 0 N–H and O–H groups in total. The molecule has 6 rings (SSSR count). The molecule has 0 aliphatic rings. The summed E-state index contributed by atoms with van der Waals surface area (Å²) in [4.78, 5) is 0. The fourth-order valence-corrected chi connectivity index (χ4v) is 5.06. The molecule has 0 radical (unpaired) electrons. The predicted octanol–water partition coefficient (Wildman–Crippen LogP) is 9.52. The fourth-order valence-electron chi connectivity index (χ4n) is 4.93. The molecule has 0 atom stereocenters. The van der Waals surface area contributed by atoms with E-state index in [0.29, 0.717) is 5.56 Å². The number of hydrogen-bond donors (Lipinski definition) is 0. The summed E-state index contributed by atoms with van der Waals surface area (Å²) in [6.07, 6.45) is 0. The number of hydrogen-bond acceptors (Lipinski definition) is 1. The lowest BCUT2D eigenvalue weighted by atomic mass is 9.86. The molecular weight excluding hydrogens is 446 g/mol. The van der Waals surface area contributed by atoms with Crippen LogP contribution in [0.3, 0.4) is 0 Å². The molecule has 0 saturated heterocycles. The van der Waals surface area contributed by atoms with Gasteiger partial charge in [0.2, 0.25) is 0 Å². The molecule has 1 nitrogen and oxygen atoms in total. The summed E-state index contributed by atoms with van der Waals surface area (Å²) in [7, 11) is 0. The standard InChI is InChI=1S/C33H20ClN/c34-27-19-17-26(18-20-27)33-30-7-3-1-5-28(30)32(29-6-2-4-8-31(29)33)25-15-13-24(14-16-25)23-11-9-22(21-35)10-12-23/h1-20H. The maximum atomic E-state index is 9.08. The van der Waals surface area contributed by atoms with E-state index in [1.165, 1.54) is 38.2 Å². The van der Waals surface area contributed by atoms with Crippen LogP contribution in [0.2, 0.25) is 5.02 Å². The van der Waals surface area contributed by atoms with Gasteiger partial charge in [-0.15, -0.1) is 0 Å². The van der Waals surface area contributed by atoms with E-state index in [0.717, 1.165) is 21.7 Å². The first kappa shape index (κ1) is 21.2. The molecule has 0 aliphatic carbocycles. The Bertz CT molecular complexity index is 1670. The third kappa shape index (κ3) is 3.75. The van der Waals surface area contributed by atoms with Crippen LogP contribution in [0.5, 0.6) is 0 Å². The second-order valence-corrected chi connectivity index (χ2v) is 9.05. The van der Waals surface area contributed by atoms with Crippen LogP contribution in [0.15, 0.2) is 121 Å². The highest BCUT2D eigenvalue weighted by molar-refractivity contribution is 6.30. The van der Waals surface area contributed by atoms with E-state index in [9.17, 15) is 0 Å². The SMILES string of the molecule is N#Cc1ccc(-c2ccc(-c3c4ccccc4c(-c4ccc(Cl)cc4)c4ccccc34)cc2)cc1. The van der Waals surface area contributed by atoms with Crippen LogP contribution in [0.25, 0.3) is 54.9 Å². The van der Waals surface area contributed by atoms with Crippen molar-refractivity contribution in [1.82, 2.24) is 0 Å². The Morgan fingerprint density at radius 1 is 0.429 bits per heavy atom. The molecule has 0 aliphatic heterocycles. The zero-order valence-corrected chi connectivity index (χ0v) is 19.6. The quantitative estimate of drug-likeness (QED) is 0.239. The highest BCUT2D eigenvalue weighted by atomic mass is 35.5. The van der Waals surface area contributed by atoms with Crippen LogP contribution in [-0.4, -0.2) is 0 Å². The number of fused-ring (bicyclic) bond motifs is 2. The largest absolute Gasteiger partial charge is 0.192 e. The lowest BCUT2D eigenvalue weighted by molar-refractivity contribution is 1.48. The summed E-state index contributed by atoms with van der Waals surface area (Å²) in [5.41, 5.74) is 7.70. The first-order valence-electron chi connectivity index (χ1n) is 11.5. The van der Waals surface area contributed by atoms with Gasteiger partial charge < -0.3 is 0 Å². The minimum Gasteiger partial charge on any atom is -0.192 e. The molecule has 0 spiro atoms. The van der Waals surface area contributed by atoms with E-state index < -0.39 is 0 Å². The Morgan fingerprint density at radius 3 is 1.17 bits per heavy atom. The van der Waals surface area contributed by atoms with E-state index in [1.54, 1.807) is 0 Å². The van der Waals surface area contributed by atoms with E-state index in [-0.39, 0.29) is 0 Å². The van der Waals surface area contributed by atoms with Crippen molar-refractivity contribution in [2.75, 3.05) is 0 Å². The van der Waals surface area contributed by atoms with Crippen LogP contribution >= 0.6 is 11.6 Å². The second-order valence-electron chi connectivity index (χ2n) is 8.61. The van der Waals surface area contributed by atoms with Crippen molar-refractivity contribution in [2.24, 2.45) is 0 Å². The Hall–Kier alpha value is -4.38. The topological polar surface area (TPSA) is 23.8 Å². The maximum Gasteiger partial charge on any atom is 0.0991 e.